The van der Waals surface area contributed by atoms with Crippen LogP contribution in [0.4, 0.5) is 0 Å². The molecule has 2 aromatic rings. The van der Waals surface area contributed by atoms with Crippen molar-refractivity contribution in [2.24, 2.45) is 12.0 Å². The lowest BCUT2D eigenvalue weighted by molar-refractivity contribution is 0.0170. The highest BCUT2D eigenvalue weighted by Crippen LogP contribution is 2.23. The van der Waals surface area contributed by atoms with Crippen molar-refractivity contribution < 1.29 is 9.47 Å². The summed E-state index contributed by atoms with van der Waals surface area (Å²) in [7, 11) is 5.52. The SMILES string of the molecule is CN=C(NCc1ccn(C)c1)NCC(c1ccc(OC)cc1)N1CCOCC1.I. The van der Waals surface area contributed by atoms with Gasteiger partial charge in [0, 0.05) is 52.7 Å². The minimum Gasteiger partial charge on any atom is -0.497 e. The summed E-state index contributed by atoms with van der Waals surface area (Å²) in [6.07, 6.45) is 4.15. The average Bonchev–Trinajstić information content (AvgIpc) is 3.16. The number of morpholine rings is 1. The van der Waals surface area contributed by atoms with Crippen LogP contribution in [-0.2, 0) is 18.3 Å². The second kappa shape index (κ2) is 12.0. The third kappa shape index (κ3) is 6.90. The van der Waals surface area contributed by atoms with E-state index in [2.05, 4.69) is 44.9 Å². The van der Waals surface area contributed by atoms with Gasteiger partial charge in [-0.15, -0.1) is 24.0 Å². The Kier molecular flexibility index (Phi) is 9.75. The topological polar surface area (TPSA) is 63.0 Å². The number of guanidine groups is 1. The van der Waals surface area contributed by atoms with Crippen LogP contribution in [0.15, 0.2) is 47.7 Å². The number of hydrogen-bond donors (Lipinski definition) is 2. The molecule has 29 heavy (non-hydrogen) atoms. The van der Waals surface area contributed by atoms with E-state index in [1.165, 1.54) is 11.1 Å². The molecule has 2 heterocycles. The van der Waals surface area contributed by atoms with Crippen molar-refractivity contribution in [3.05, 3.63) is 53.9 Å². The average molecular weight is 513 g/mol. The van der Waals surface area contributed by atoms with Crippen LogP contribution in [0.3, 0.4) is 0 Å². The molecule has 0 aliphatic carbocycles. The van der Waals surface area contributed by atoms with Crippen LogP contribution in [0.25, 0.3) is 0 Å². The molecular formula is C21H32IN5O2. The molecule has 0 amide bonds. The number of benzene rings is 1. The zero-order valence-corrected chi connectivity index (χ0v) is 19.8. The minimum absolute atomic E-state index is 0. The van der Waals surface area contributed by atoms with Crippen LogP contribution >= 0.6 is 24.0 Å². The number of aromatic nitrogens is 1. The fourth-order valence-corrected chi connectivity index (χ4v) is 3.44. The Balaban J connectivity index is 0.00000300. The largest absolute Gasteiger partial charge is 0.497 e. The fourth-order valence-electron chi connectivity index (χ4n) is 3.44. The first-order valence-electron chi connectivity index (χ1n) is 9.70. The highest BCUT2D eigenvalue weighted by atomic mass is 127. The van der Waals surface area contributed by atoms with Gasteiger partial charge in [-0.2, -0.15) is 0 Å². The lowest BCUT2D eigenvalue weighted by Gasteiger charge is -2.35. The van der Waals surface area contributed by atoms with Crippen LogP contribution in [0.5, 0.6) is 5.75 Å². The predicted octanol–water partition coefficient (Wildman–Crippen LogP) is 2.39. The Bertz CT molecular complexity index is 757. The van der Waals surface area contributed by atoms with Crippen molar-refractivity contribution in [2.45, 2.75) is 12.6 Å². The molecule has 0 bridgehead atoms. The minimum atomic E-state index is 0. The van der Waals surface area contributed by atoms with Gasteiger partial charge in [0.25, 0.3) is 0 Å². The highest BCUT2D eigenvalue weighted by molar-refractivity contribution is 14.0. The number of halogens is 1. The van der Waals surface area contributed by atoms with Crippen molar-refractivity contribution in [1.82, 2.24) is 20.1 Å². The molecule has 1 atom stereocenters. The maximum atomic E-state index is 5.54. The Morgan fingerprint density at radius 1 is 1.17 bits per heavy atom. The molecule has 3 rings (SSSR count). The Morgan fingerprint density at radius 3 is 2.48 bits per heavy atom. The van der Waals surface area contributed by atoms with Gasteiger partial charge in [-0.25, -0.2) is 0 Å². The molecule has 0 radical (unpaired) electrons. The Hall–Kier alpha value is -1.78. The molecule has 1 fully saturated rings. The maximum Gasteiger partial charge on any atom is 0.191 e. The first-order valence-corrected chi connectivity index (χ1v) is 9.70. The predicted molar refractivity (Wildman–Crippen MR) is 127 cm³/mol. The van der Waals surface area contributed by atoms with E-state index in [0.717, 1.165) is 51.1 Å². The van der Waals surface area contributed by atoms with Gasteiger partial charge in [0.1, 0.15) is 5.75 Å². The monoisotopic (exact) mass is 513 g/mol. The van der Waals surface area contributed by atoms with Crippen molar-refractivity contribution in [2.75, 3.05) is 47.0 Å². The molecular weight excluding hydrogens is 481 g/mol. The van der Waals surface area contributed by atoms with Gasteiger partial charge in [-0.1, -0.05) is 12.1 Å². The van der Waals surface area contributed by atoms with Gasteiger partial charge >= 0.3 is 0 Å². The zero-order chi connectivity index (χ0) is 19.8. The first kappa shape index (κ1) is 23.5. The highest BCUT2D eigenvalue weighted by Gasteiger charge is 2.23. The molecule has 1 unspecified atom stereocenters. The van der Waals surface area contributed by atoms with E-state index in [1.807, 2.05) is 29.9 Å². The van der Waals surface area contributed by atoms with Crippen LogP contribution in [0.2, 0.25) is 0 Å². The van der Waals surface area contributed by atoms with Crippen molar-refractivity contribution in [3.63, 3.8) is 0 Å². The molecule has 0 saturated carbocycles. The molecule has 1 saturated heterocycles. The second-order valence-corrected chi connectivity index (χ2v) is 6.93. The fraction of sp³-hybridized carbons (Fsp3) is 0.476. The molecule has 1 aliphatic rings. The van der Waals surface area contributed by atoms with Gasteiger partial charge in [-0.05, 0) is 29.3 Å². The Morgan fingerprint density at radius 2 is 1.90 bits per heavy atom. The summed E-state index contributed by atoms with van der Waals surface area (Å²) >= 11 is 0. The summed E-state index contributed by atoms with van der Waals surface area (Å²) in [5, 5.41) is 6.88. The maximum absolute atomic E-state index is 5.54. The normalized spacial score (nSPS) is 16.0. The van der Waals surface area contributed by atoms with Gasteiger partial charge in [-0.3, -0.25) is 9.89 Å². The van der Waals surface area contributed by atoms with E-state index < -0.39 is 0 Å². The number of hydrogen-bond acceptors (Lipinski definition) is 4. The molecule has 160 valence electrons. The Labute approximate surface area is 190 Å². The van der Waals surface area contributed by atoms with Crippen molar-refractivity contribution in [3.8, 4) is 5.75 Å². The zero-order valence-electron chi connectivity index (χ0n) is 17.4. The van der Waals surface area contributed by atoms with Gasteiger partial charge < -0.3 is 24.7 Å². The molecule has 0 spiro atoms. The van der Waals surface area contributed by atoms with Crippen LogP contribution in [0.1, 0.15) is 17.2 Å². The smallest absolute Gasteiger partial charge is 0.191 e. The summed E-state index contributed by atoms with van der Waals surface area (Å²) in [5.74, 6) is 1.67. The van der Waals surface area contributed by atoms with Crippen molar-refractivity contribution >= 4 is 29.9 Å². The van der Waals surface area contributed by atoms with E-state index in [0.29, 0.717) is 0 Å². The van der Waals surface area contributed by atoms with Gasteiger partial charge in [0.15, 0.2) is 5.96 Å². The lowest BCUT2D eigenvalue weighted by Crippen LogP contribution is -2.46. The van der Waals surface area contributed by atoms with Crippen molar-refractivity contribution in [1.29, 1.82) is 0 Å². The van der Waals surface area contributed by atoms with Crippen LogP contribution < -0.4 is 15.4 Å². The molecule has 8 heteroatoms. The van der Waals surface area contributed by atoms with Gasteiger partial charge in [0.2, 0.25) is 0 Å². The number of methoxy groups -OCH3 is 1. The molecule has 1 aliphatic heterocycles. The van der Waals surface area contributed by atoms with Gasteiger partial charge in [0.05, 0.1) is 26.4 Å². The quantitative estimate of drug-likeness (QED) is 0.339. The molecule has 1 aromatic carbocycles. The number of rotatable bonds is 7. The number of nitrogens with one attached hydrogen (secondary N) is 2. The third-order valence-electron chi connectivity index (χ3n) is 5.03. The second-order valence-electron chi connectivity index (χ2n) is 6.93. The van der Waals surface area contributed by atoms with Crippen LogP contribution in [-0.4, -0.2) is 62.4 Å². The first-order chi connectivity index (χ1) is 13.7. The number of aryl methyl sites for hydroxylation is 1. The number of aliphatic imine (C=N–C) groups is 1. The third-order valence-corrected chi connectivity index (χ3v) is 5.03. The van der Waals surface area contributed by atoms with E-state index in [4.69, 9.17) is 9.47 Å². The lowest BCUT2D eigenvalue weighted by atomic mass is 10.0. The van der Waals surface area contributed by atoms with E-state index >= 15 is 0 Å². The number of ether oxygens (including phenoxy) is 2. The van der Waals surface area contributed by atoms with E-state index in [-0.39, 0.29) is 30.0 Å². The molecule has 7 nitrogen and oxygen atoms in total. The van der Waals surface area contributed by atoms with Crippen LogP contribution in [0, 0.1) is 0 Å². The summed E-state index contributed by atoms with van der Waals surface area (Å²) in [5.41, 5.74) is 2.49. The summed E-state index contributed by atoms with van der Waals surface area (Å²) in [6.45, 7) is 4.90. The molecule has 1 aromatic heterocycles. The van der Waals surface area contributed by atoms with E-state index in [9.17, 15) is 0 Å². The van der Waals surface area contributed by atoms with E-state index in [1.54, 1.807) is 14.2 Å². The summed E-state index contributed by atoms with van der Waals surface area (Å²) in [4.78, 5) is 6.83. The standard InChI is InChI=1S/C21H31N5O2.HI/c1-22-21(23-14-17-8-9-25(2)16-17)24-15-20(26-10-12-28-13-11-26)18-4-6-19(27-3)7-5-18;/h4-9,16,20H,10-15H2,1-3H3,(H2,22,23,24);1H. The number of nitrogens with zero attached hydrogens (tertiary/aromatic N) is 3. The summed E-state index contributed by atoms with van der Waals surface area (Å²) in [6, 6.07) is 10.7. The molecule has 2 N–H and O–H groups in total. The summed E-state index contributed by atoms with van der Waals surface area (Å²) < 4.78 is 12.9.